The van der Waals surface area contributed by atoms with Crippen LogP contribution in [0.15, 0.2) is 35.1 Å². The van der Waals surface area contributed by atoms with Crippen molar-refractivity contribution in [3.63, 3.8) is 0 Å². The van der Waals surface area contributed by atoms with Crippen LogP contribution in [0.3, 0.4) is 0 Å². The van der Waals surface area contributed by atoms with Gasteiger partial charge >= 0.3 is 0 Å². The quantitative estimate of drug-likeness (QED) is 0.803. The molecule has 0 bridgehead atoms. The van der Waals surface area contributed by atoms with E-state index >= 15 is 0 Å². The van der Waals surface area contributed by atoms with Crippen LogP contribution in [0.5, 0.6) is 0 Å². The summed E-state index contributed by atoms with van der Waals surface area (Å²) in [7, 11) is 0. The largest absolute Gasteiger partial charge is 0.352 e. The fourth-order valence-corrected chi connectivity index (χ4v) is 2.74. The molecule has 0 fully saturated rings. The topological polar surface area (TPSA) is 104 Å². The molecule has 1 heterocycles. The van der Waals surface area contributed by atoms with Gasteiger partial charge in [0, 0.05) is 23.5 Å². The fraction of sp³-hybridized carbons (Fsp3) is 0.333. The minimum absolute atomic E-state index is 0.0298. The Morgan fingerprint density at radius 1 is 1.21 bits per heavy atom. The zero-order valence-corrected chi connectivity index (χ0v) is 16.5. The number of amides is 2. The van der Waals surface area contributed by atoms with Crippen LogP contribution in [0.1, 0.15) is 41.0 Å². The summed E-state index contributed by atoms with van der Waals surface area (Å²) in [6, 6.07) is 10.2. The van der Waals surface area contributed by atoms with Crippen LogP contribution in [-0.2, 0) is 11.3 Å². The number of nitrogens with zero attached hydrogens (tertiary/aromatic N) is 2. The van der Waals surface area contributed by atoms with Crippen molar-refractivity contribution in [1.29, 1.82) is 5.26 Å². The lowest BCUT2D eigenvalue weighted by molar-refractivity contribution is -0.116. The zero-order valence-electron chi connectivity index (χ0n) is 16.5. The Kier molecular flexibility index (Phi) is 6.72. The van der Waals surface area contributed by atoms with Gasteiger partial charge in [0.2, 0.25) is 5.91 Å². The first kappa shape index (κ1) is 20.9. The average Bonchev–Trinajstić information content (AvgIpc) is 2.63. The van der Waals surface area contributed by atoms with Gasteiger partial charge in [0.15, 0.2) is 0 Å². The maximum Gasteiger partial charge on any atom is 0.269 e. The molecule has 0 unspecified atom stereocenters. The van der Waals surface area contributed by atoms with E-state index in [9.17, 15) is 14.4 Å². The normalized spacial score (nSPS) is 10.4. The van der Waals surface area contributed by atoms with Crippen LogP contribution in [0.2, 0.25) is 0 Å². The van der Waals surface area contributed by atoms with Crippen molar-refractivity contribution in [2.45, 2.75) is 34.2 Å². The van der Waals surface area contributed by atoms with Crippen molar-refractivity contribution >= 4 is 17.5 Å². The second-order valence-corrected chi connectivity index (χ2v) is 7.08. The lowest BCUT2D eigenvalue weighted by atomic mass is 10.1. The molecule has 2 amide bonds. The average molecular weight is 380 g/mol. The summed E-state index contributed by atoms with van der Waals surface area (Å²) < 4.78 is 1.26. The molecule has 1 aromatic heterocycles. The molecule has 7 nitrogen and oxygen atoms in total. The van der Waals surface area contributed by atoms with E-state index in [1.165, 1.54) is 4.57 Å². The molecule has 2 N–H and O–H groups in total. The van der Waals surface area contributed by atoms with Crippen LogP contribution in [0.4, 0.5) is 5.69 Å². The van der Waals surface area contributed by atoms with Gasteiger partial charge in [-0.05, 0) is 49.6 Å². The van der Waals surface area contributed by atoms with Crippen LogP contribution in [0, 0.1) is 31.1 Å². The fourth-order valence-electron chi connectivity index (χ4n) is 2.74. The summed E-state index contributed by atoms with van der Waals surface area (Å²) in [6.45, 7) is 7.75. The highest BCUT2D eigenvalue weighted by Gasteiger charge is 2.14. The Labute approximate surface area is 164 Å². The van der Waals surface area contributed by atoms with Crippen molar-refractivity contribution in [3.05, 3.63) is 63.1 Å². The molecule has 28 heavy (non-hydrogen) atoms. The Hall–Kier alpha value is -3.40. The molecule has 0 aliphatic carbocycles. The molecule has 2 rings (SSSR count). The maximum absolute atomic E-state index is 12.4. The summed E-state index contributed by atoms with van der Waals surface area (Å²) >= 11 is 0. The Balaban J connectivity index is 2.15. The summed E-state index contributed by atoms with van der Waals surface area (Å²) in [5.41, 5.74) is 1.62. The predicted octanol–water partition coefficient (Wildman–Crippen LogP) is 2.36. The molecule has 0 aliphatic heterocycles. The summed E-state index contributed by atoms with van der Waals surface area (Å²) in [5, 5.41) is 14.7. The Bertz CT molecular complexity index is 1000. The third-order valence-corrected chi connectivity index (χ3v) is 4.20. The van der Waals surface area contributed by atoms with E-state index in [1.807, 2.05) is 19.9 Å². The summed E-state index contributed by atoms with van der Waals surface area (Å²) in [4.78, 5) is 37.0. The molecule has 0 radical (unpaired) electrons. The molecular weight excluding hydrogens is 356 g/mol. The SMILES string of the molecule is Cc1cc(C)n(CC(=O)Nc2cccc(C(=O)NCC(C)C)c2)c(=O)c1C#N. The number of carbonyl (C=O) groups excluding carboxylic acids is 2. The smallest absolute Gasteiger partial charge is 0.269 e. The molecule has 7 heteroatoms. The van der Waals surface area contributed by atoms with Crippen LogP contribution in [0.25, 0.3) is 0 Å². The van der Waals surface area contributed by atoms with Gasteiger partial charge in [-0.1, -0.05) is 19.9 Å². The van der Waals surface area contributed by atoms with Crippen LogP contribution < -0.4 is 16.2 Å². The Morgan fingerprint density at radius 2 is 1.93 bits per heavy atom. The van der Waals surface area contributed by atoms with E-state index in [4.69, 9.17) is 5.26 Å². The van der Waals surface area contributed by atoms with Gasteiger partial charge < -0.3 is 15.2 Å². The minimum atomic E-state index is -0.489. The van der Waals surface area contributed by atoms with Gasteiger partial charge in [-0.2, -0.15) is 5.26 Å². The van der Waals surface area contributed by atoms with E-state index in [-0.39, 0.29) is 18.0 Å². The van der Waals surface area contributed by atoms with E-state index in [0.29, 0.717) is 35.0 Å². The van der Waals surface area contributed by atoms with Crippen molar-refractivity contribution < 1.29 is 9.59 Å². The monoisotopic (exact) mass is 380 g/mol. The first-order valence-corrected chi connectivity index (χ1v) is 9.02. The maximum atomic E-state index is 12.4. The molecule has 1 aromatic carbocycles. The predicted molar refractivity (Wildman–Crippen MR) is 107 cm³/mol. The number of rotatable bonds is 6. The van der Waals surface area contributed by atoms with Gasteiger partial charge in [-0.15, -0.1) is 0 Å². The number of hydrogen-bond acceptors (Lipinski definition) is 4. The third-order valence-electron chi connectivity index (χ3n) is 4.20. The molecule has 0 atom stereocenters. The molecule has 146 valence electrons. The first-order chi connectivity index (χ1) is 13.2. The summed E-state index contributed by atoms with van der Waals surface area (Å²) in [6.07, 6.45) is 0. The third kappa shape index (κ3) is 5.07. The molecule has 0 saturated carbocycles. The van der Waals surface area contributed by atoms with E-state index < -0.39 is 11.5 Å². The molecule has 0 spiro atoms. The highest BCUT2D eigenvalue weighted by molar-refractivity contribution is 5.97. The number of hydrogen-bond donors (Lipinski definition) is 2. The van der Waals surface area contributed by atoms with Crippen LogP contribution in [-0.4, -0.2) is 22.9 Å². The number of benzene rings is 1. The lowest BCUT2D eigenvalue weighted by Crippen LogP contribution is -2.31. The number of nitrogens with one attached hydrogen (secondary N) is 2. The summed E-state index contributed by atoms with van der Waals surface area (Å²) in [5.74, 6) is -0.298. The highest BCUT2D eigenvalue weighted by Crippen LogP contribution is 2.12. The van der Waals surface area contributed by atoms with E-state index in [1.54, 1.807) is 44.2 Å². The molecule has 0 aliphatic rings. The number of nitriles is 1. The van der Waals surface area contributed by atoms with Gasteiger partial charge in [0.25, 0.3) is 11.5 Å². The highest BCUT2D eigenvalue weighted by atomic mass is 16.2. The van der Waals surface area contributed by atoms with Gasteiger partial charge in [-0.25, -0.2) is 0 Å². The van der Waals surface area contributed by atoms with Crippen molar-refractivity contribution in [1.82, 2.24) is 9.88 Å². The number of aromatic nitrogens is 1. The van der Waals surface area contributed by atoms with Gasteiger partial charge in [-0.3, -0.25) is 14.4 Å². The van der Waals surface area contributed by atoms with Gasteiger partial charge in [0.1, 0.15) is 18.2 Å². The number of carbonyl (C=O) groups is 2. The number of anilines is 1. The second-order valence-electron chi connectivity index (χ2n) is 7.08. The second kappa shape index (κ2) is 9.00. The van der Waals surface area contributed by atoms with Crippen molar-refractivity contribution in [2.24, 2.45) is 5.92 Å². The molecular formula is C21H24N4O3. The first-order valence-electron chi connectivity index (χ1n) is 9.02. The van der Waals surface area contributed by atoms with E-state index in [0.717, 1.165) is 0 Å². The zero-order chi connectivity index (χ0) is 20.8. The molecule has 2 aromatic rings. The minimum Gasteiger partial charge on any atom is -0.352 e. The van der Waals surface area contributed by atoms with Crippen molar-refractivity contribution in [2.75, 3.05) is 11.9 Å². The Morgan fingerprint density at radius 3 is 2.57 bits per heavy atom. The lowest BCUT2D eigenvalue weighted by Gasteiger charge is -2.13. The van der Waals surface area contributed by atoms with Crippen molar-refractivity contribution in [3.8, 4) is 6.07 Å². The van der Waals surface area contributed by atoms with Gasteiger partial charge in [0.05, 0.1) is 0 Å². The number of aryl methyl sites for hydroxylation is 2. The molecule has 0 saturated heterocycles. The van der Waals surface area contributed by atoms with Crippen LogP contribution >= 0.6 is 0 Å². The standard InChI is InChI=1S/C21H24N4O3/c1-13(2)11-23-20(27)16-6-5-7-17(9-16)24-19(26)12-25-15(4)8-14(3)18(10-22)21(25)28/h5-9,13H,11-12H2,1-4H3,(H,23,27)(H,24,26). The number of pyridine rings is 1. The van der Waals surface area contributed by atoms with E-state index in [2.05, 4.69) is 10.6 Å².